The van der Waals surface area contributed by atoms with Crippen LogP contribution in [0.2, 0.25) is 0 Å². The van der Waals surface area contributed by atoms with Gasteiger partial charge < -0.3 is 14.9 Å². The van der Waals surface area contributed by atoms with Crippen LogP contribution >= 0.6 is 0 Å². The molecule has 0 bridgehead atoms. The Bertz CT molecular complexity index is 1030. The minimum atomic E-state index is -0.348. The minimum absolute atomic E-state index is 0.249. The Morgan fingerprint density at radius 2 is 1.07 bits per heavy atom. The van der Waals surface area contributed by atoms with Crippen LogP contribution in [0.4, 0.5) is 0 Å². The van der Waals surface area contributed by atoms with Crippen LogP contribution in [0.1, 0.15) is 0 Å². The molecule has 3 nitrogen and oxygen atoms in total. The lowest BCUT2D eigenvalue weighted by atomic mass is 10.1. The van der Waals surface area contributed by atoms with Crippen molar-refractivity contribution in [2.45, 2.75) is 14.7 Å². The van der Waals surface area contributed by atoms with Gasteiger partial charge in [0.15, 0.2) is 14.7 Å². The number of fused-ring (bicyclic) bond motifs is 1. The molecular weight excluding hydrogens is 356 g/mol. The van der Waals surface area contributed by atoms with E-state index in [0.29, 0.717) is 0 Å². The maximum atomic E-state index is 9.66. The second-order valence-electron chi connectivity index (χ2n) is 6.17. The molecule has 0 unspecified atom stereocenters. The molecule has 0 aromatic heterocycles. The van der Waals surface area contributed by atoms with E-state index in [4.69, 9.17) is 4.74 Å². The van der Waals surface area contributed by atoms with Gasteiger partial charge in [0, 0.05) is 6.07 Å². The van der Waals surface area contributed by atoms with Crippen LogP contribution in [0, 0.1) is 0 Å². The topological polar surface area (TPSA) is 49.7 Å². The molecule has 0 fully saturated rings. The van der Waals surface area contributed by atoms with E-state index in [0.717, 1.165) is 26.3 Å². The van der Waals surface area contributed by atoms with E-state index < -0.39 is 0 Å². The minimum Gasteiger partial charge on any atom is -0.508 e. The smallest absolute Gasteiger partial charge is 0.167 e. The van der Waals surface area contributed by atoms with Crippen molar-refractivity contribution < 1.29 is 14.9 Å². The van der Waals surface area contributed by atoms with Crippen LogP contribution < -0.4 is 4.74 Å². The normalized spacial score (nSPS) is 11.0. The third kappa shape index (κ3) is 3.57. The number of hydrogen-bond acceptors (Lipinski definition) is 3. The van der Waals surface area contributed by atoms with Gasteiger partial charge in [-0.1, -0.05) is 6.07 Å². The number of aromatic hydroxyl groups is 2. The summed E-state index contributed by atoms with van der Waals surface area (Å²) in [7, 11) is 1.32. The Kier molecular flexibility index (Phi) is 4.65. The predicted molar refractivity (Wildman–Crippen MR) is 109 cm³/mol. The van der Waals surface area contributed by atoms with Gasteiger partial charge in [0.25, 0.3) is 0 Å². The van der Waals surface area contributed by atoms with Gasteiger partial charge in [-0.25, -0.2) is 0 Å². The third-order valence-electron chi connectivity index (χ3n) is 4.40. The van der Waals surface area contributed by atoms with Gasteiger partial charge >= 0.3 is 0 Å². The molecule has 0 amide bonds. The molecule has 0 atom stereocenters. The van der Waals surface area contributed by atoms with E-state index >= 15 is 0 Å². The van der Waals surface area contributed by atoms with Crippen LogP contribution in [0.15, 0.2) is 99.6 Å². The highest BCUT2D eigenvalue weighted by Gasteiger charge is 2.29. The van der Waals surface area contributed by atoms with Crippen molar-refractivity contribution >= 4 is 21.7 Å². The van der Waals surface area contributed by atoms with Crippen LogP contribution in [0.3, 0.4) is 0 Å². The number of methoxy groups -OCH3 is 1. The maximum absolute atomic E-state index is 9.66. The third-order valence-corrected chi connectivity index (χ3v) is 6.61. The first-order valence-corrected chi connectivity index (χ1v) is 9.77. The Labute approximate surface area is 160 Å². The first kappa shape index (κ1) is 17.3. The largest absolute Gasteiger partial charge is 0.508 e. The predicted octanol–water partition coefficient (Wildman–Crippen LogP) is 5.36. The number of phenolic OH excluding ortho intramolecular Hbond substituents is 2. The molecule has 4 aromatic rings. The van der Waals surface area contributed by atoms with E-state index in [1.54, 1.807) is 31.4 Å². The zero-order valence-electron chi connectivity index (χ0n) is 14.8. The van der Waals surface area contributed by atoms with Crippen LogP contribution in [-0.4, -0.2) is 17.3 Å². The average molecular weight is 375 g/mol. The Hall–Kier alpha value is -3.11. The van der Waals surface area contributed by atoms with Gasteiger partial charge in [-0.2, -0.15) is 0 Å². The second kappa shape index (κ2) is 7.25. The first-order chi connectivity index (χ1) is 13.1. The van der Waals surface area contributed by atoms with Crippen LogP contribution in [-0.2, 0) is 10.9 Å². The molecule has 0 saturated heterocycles. The molecule has 134 valence electrons. The number of phenols is 2. The lowest BCUT2D eigenvalue weighted by Crippen LogP contribution is -2.04. The van der Waals surface area contributed by atoms with E-state index in [1.807, 2.05) is 36.4 Å². The first-order valence-electron chi connectivity index (χ1n) is 8.54. The van der Waals surface area contributed by atoms with Gasteiger partial charge in [0.1, 0.15) is 17.2 Å². The highest BCUT2D eigenvalue weighted by Crippen LogP contribution is 2.34. The number of rotatable bonds is 4. The Balaban J connectivity index is 1.85. The summed E-state index contributed by atoms with van der Waals surface area (Å²) in [5, 5.41) is 21.6. The zero-order valence-corrected chi connectivity index (χ0v) is 15.6. The van der Waals surface area contributed by atoms with Crippen LogP contribution in [0.25, 0.3) is 10.8 Å². The molecule has 0 heterocycles. The summed E-state index contributed by atoms with van der Waals surface area (Å²) in [4.78, 5) is 3.38. The fraction of sp³-hybridized carbons (Fsp3) is 0.0435. The molecule has 0 aliphatic heterocycles. The maximum Gasteiger partial charge on any atom is 0.167 e. The standard InChI is InChI=1S/C23H18O3S/c1-26-20-8-2-17-15-23(9-3-16(17)14-20)27(21-10-4-18(24)5-11-21)22-12-6-19(25)7-13-22/h2-15H,1H3,(H-,24,25)/p+1. The van der Waals surface area contributed by atoms with Crippen molar-refractivity contribution in [3.8, 4) is 17.2 Å². The highest BCUT2D eigenvalue weighted by molar-refractivity contribution is 7.97. The summed E-state index contributed by atoms with van der Waals surface area (Å²) >= 11 is 0. The molecule has 4 aromatic carbocycles. The van der Waals surface area contributed by atoms with Crippen molar-refractivity contribution in [1.29, 1.82) is 0 Å². The Morgan fingerprint density at radius 3 is 1.63 bits per heavy atom. The monoisotopic (exact) mass is 375 g/mol. The number of ether oxygens (including phenoxy) is 1. The van der Waals surface area contributed by atoms with Gasteiger partial charge in [-0.3, -0.25) is 0 Å². The summed E-state index contributed by atoms with van der Waals surface area (Å²) in [5.41, 5.74) is 0. The highest BCUT2D eigenvalue weighted by atomic mass is 32.2. The van der Waals surface area contributed by atoms with Gasteiger partial charge in [-0.05, 0) is 83.6 Å². The summed E-state index contributed by atoms with van der Waals surface area (Å²) in [5.74, 6) is 1.34. The van der Waals surface area contributed by atoms with Crippen molar-refractivity contribution in [3.63, 3.8) is 0 Å². The molecule has 0 spiro atoms. The van der Waals surface area contributed by atoms with E-state index in [2.05, 4.69) is 24.3 Å². The SMILES string of the molecule is COc1ccc2cc([S+](c3ccc(O)cc3)c3ccc(O)cc3)ccc2c1. The molecule has 4 rings (SSSR count). The van der Waals surface area contributed by atoms with Crippen LogP contribution in [0.5, 0.6) is 17.2 Å². The van der Waals surface area contributed by atoms with Gasteiger partial charge in [-0.15, -0.1) is 0 Å². The molecule has 0 radical (unpaired) electrons. The summed E-state index contributed by atoms with van der Waals surface area (Å²) in [6.45, 7) is 0. The fourth-order valence-corrected chi connectivity index (χ4v) is 5.11. The van der Waals surface area contributed by atoms with E-state index in [1.165, 1.54) is 4.90 Å². The summed E-state index contributed by atoms with van der Waals surface area (Å²) < 4.78 is 5.32. The molecule has 27 heavy (non-hydrogen) atoms. The lowest BCUT2D eigenvalue weighted by molar-refractivity contribution is 0.415. The summed E-state index contributed by atoms with van der Waals surface area (Å²) in [6, 6.07) is 27.1. The molecule has 0 saturated carbocycles. The molecule has 2 N–H and O–H groups in total. The van der Waals surface area contributed by atoms with Crippen molar-refractivity contribution in [2.24, 2.45) is 0 Å². The van der Waals surface area contributed by atoms with Gasteiger partial charge in [0.2, 0.25) is 0 Å². The van der Waals surface area contributed by atoms with Crippen molar-refractivity contribution in [3.05, 3.63) is 84.9 Å². The van der Waals surface area contributed by atoms with Crippen molar-refractivity contribution in [2.75, 3.05) is 7.11 Å². The zero-order chi connectivity index (χ0) is 18.8. The molecule has 4 heteroatoms. The summed E-state index contributed by atoms with van der Waals surface area (Å²) in [6.07, 6.45) is 0. The molecule has 0 aliphatic rings. The fourth-order valence-electron chi connectivity index (χ4n) is 3.03. The van der Waals surface area contributed by atoms with E-state index in [-0.39, 0.29) is 22.4 Å². The molecule has 0 aliphatic carbocycles. The average Bonchev–Trinajstić information content (AvgIpc) is 2.70. The van der Waals surface area contributed by atoms with Gasteiger partial charge in [0.05, 0.1) is 18.0 Å². The second-order valence-corrected chi connectivity index (χ2v) is 8.20. The van der Waals surface area contributed by atoms with E-state index in [9.17, 15) is 10.2 Å². The lowest BCUT2D eigenvalue weighted by Gasteiger charge is -2.10. The molecular formula is C23H19O3S+. The van der Waals surface area contributed by atoms with Crippen molar-refractivity contribution in [1.82, 2.24) is 0 Å². The quantitative estimate of drug-likeness (QED) is 0.473. The number of hydrogen-bond donors (Lipinski definition) is 2. The number of benzene rings is 4. The Morgan fingerprint density at radius 1 is 0.593 bits per heavy atom.